The maximum Gasteiger partial charge on any atom is 0.346 e. The summed E-state index contributed by atoms with van der Waals surface area (Å²) in [5, 5.41) is 1.72. The van der Waals surface area contributed by atoms with Crippen molar-refractivity contribution >= 4 is 5.82 Å². The Morgan fingerprint density at radius 2 is 2.36 bits per heavy atom. The number of aromatic nitrogens is 2. The Balaban J connectivity index is 2.80. The summed E-state index contributed by atoms with van der Waals surface area (Å²) in [6.07, 6.45) is 1.14. The first-order valence-electron chi connectivity index (χ1n) is 2.78. The summed E-state index contributed by atoms with van der Waals surface area (Å²) < 4.78 is 23.2. The Labute approximate surface area is 60.3 Å². The Hall–Kier alpha value is -1.46. The molecule has 0 amide bonds. The molecule has 4 nitrogen and oxygen atoms in total. The third-order valence-corrected chi connectivity index (χ3v) is 0.939. The van der Waals surface area contributed by atoms with E-state index in [0.29, 0.717) is 0 Å². The number of halogens is 2. The Bertz CT molecular complexity index is 285. The van der Waals surface area contributed by atoms with Gasteiger partial charge in [0.2, 0.25) is 0 Å². The first kappa shape index (κ1) is 7.64. The van der Waals surface area contributed by atoms with Gasteiger partial charge in [-0.2, -0.15) is 8.78 Å². The Morgan fingerprint density at radius 1 is 1.64 bits per heavy atom. The SMILES string of the molecule is O=c1nccc(NC(F)F)[nH]1. The van der Waals surface area contributed by atoms with Gasteiger partial charge in [-0.15, -0.1) is 0 Å². The van der Waals surface area contributed by atoms with E-state index in [1.165, 1.54) is 6.07 Å². The molecule has 0 bridgehead atoms. The van der Waals surface area contributed by atoms with Gasteiger partial charge in [0, 0.05) is 6.20 Å². The number of H-pyrrole nitrogens is 1. The van der Waals surface area contributed by atoms with Crippen LogP contribution in [0.4, 0.5) is 14.6 Å². The second-order valence-corrected chi connectivity index (χ2v) is 1.73. The lowest BCUT2D eigenvalue weighted by molar-refractivity contribution is 0.181. The van der Waals surface area contributed by atoms with Gasteiger partial charge in [0.1, 0.15) is 5.82 Å². The Morgan fingerprint density at radius 3 is 2.91 bits per heavy atom. The van der Waals surface area contributed by atoms with E-state index in [4.69, 9.17) is 0 Å². The molecule has 0 aliphatic carbocycles. The zero-order valence-electron chi connectivity index (χ0n) is 5.34. The van der Waals surface area contributed by atoms with Crippen LogP contribution >= 0.6 is 0 Å². The molecule has 0 saturated heterocycles. The predicted molar refractivity (Wildman–Crippen MR) is 34.5 cm³/mol. The molecule has 6 heteroatoms. The first-order chi connectivity index (χ1) is 5.18. The fraction of sp³-hybridized carbons (Fsp3) is 0.200. The first-order valence-corrected chi connectivity index (χ1v) is 2.78. The highest BCUT2D eigenvalue weighted by atomic mass is 19.3. The number of rotatable bonds is 2. The summed E-state index contributed by atoms with van der Waals surface area (Å²) in [7, 11) is 0. The zero-order chi connectivity index (χ0) is 8.27. The minimum Gasteiger partial charge on any atom is -0.316 e. The molecule has 0 fully saturated rings. The fourth-order valence-electron chi connectivity index (χ4n) is 0.570. The third kappa shape index (κ3) is 2.32. The highest BCUT2D eigenvalue weighted by Gasteiger charge is 2.00. The van der Waals surface area contributed by atoms with Gasteiger partial charge in [0.25, 0.3) is 0 Å². The minimum absolute atomic E-state index is 0.0417. The van der Waals surface area contributed by atoms with Gasteiger partial charge in [-0.3, -0.25) is 4.98 Å². The molecule has 1 aromatic rings. The highest BCUT2D eigenvalue weighted by Crippen LogP contribution is 2.00. The standard InChI is InChI=1S/C5H5F2N3O/c6-4(7)9-3-1-2-8-5(11)10-3/h1-2,4H,(H2,8,9,10,11). The van der Waals surface area contributed by atoms with Crippen molar-refractivity contribution < 1.29 is 8.78 Å². The molecule has 0 spiro atoms. The Kier molecular flexibility index (Phi) is 2.15. The lowest BCUT2D eigenvalue weighted by Gasteiger charge is -2.01. The van der Waals surface area contributed by atoms with Crippen LogP contribution in [-0.2, 0) is 0 Å². The van der Waals surface area contributed by atoms with E-state index < -0.39 is 12.2 Å². The normalized spacial score (nSPS) is 10.1. The smallest absolute Gasteiger partial charge is 0.316 e. The van der Waals surface area contributed by atoms with E-state index in [9.17, 15) is 13.6 Å². The zero-order valence-corrected chi connectivity index (χ0v) is 5.34. The van der Waals surface area contributed by atoms with Crippen LogP contribution in [0.15, 0.2) is 17.1 Å². The lowest BCUT2D eigenvalue weighted by atomic mass is 10.6. The van der Waals surface area contributed by atoms with Crippen molar-refractivity contribution in [2.75, 3.05) is 5.32 Å². The second-order valence-electron chi connectivity index (χ2n) is 1.73. The quantitative estimate of drug-likeness (QED) is 0.617. The summed E-state index contributed by atoms with van der Waals surface area (Å²) in [6.45, 7) is -2.69. The maximum atomic E-state index is 11.6. The molecule has 2 N–H and O–H groups in total. The van der Waals surface area contributed by atoms with Crippen LogP contribution in [0.2, 0.25) is 0 Å². The van der Waals surface area contributed by atoms with Crippen LogP contribution in [0.1, 0.15) is 0 Å². The molecule has 1 aromatic heterocycles. The van der Waals surface area contributed by atoms with Gasteiger partial charge < -0.3 is 5.32 Å². The summed E-state index contributed by atoms with van der Waals surface area (Å²) in [4.78, 5) is 15.8. The topological polar surface area (TPSA) is 57.8 Å². The van der Waals surface area contributed by atoms with Crippen LogP contribution in [-0.4, -0.2) is 16.5 Å². The molecule has 0 atom stereocenters. The second kappa shape index (κ2) is 3.09. The average molecular weight is 161 g/mol. The molecule has 11 heavy (non-hydrogen) atoms. The number of nitrogens with zero attached hydrogens (tertiary/aromatic N) is 1. The number of nitrogens with one attached hydrogen (secondary N) is 2. The molecule has 0 saturated carbocycles. The van der Waals surface area contributed by atoms with Crippen molar-refractivity contribution in [1.29, 1.82) is 0 Å². The molecule has 60 valence electrons. The number of alkyl halides is 2. The fourth-order valence-corrected chi connectivity index (χ4v) is 0.570. The van der Waals surface area contributed by atoms with Crippen LogP contribution in [0.3, 0.4) is 0 Å². The molecule has 1 heterocycles. The van der Waals surface area contributed by atoms with Gasteiger partial charge in [-0.1, -0.05) is 0 Å². The molecule has 0 unspecified atom stereocenters. The summed E-state index contributed by atoms with van der Waals surface area (Å²) >= 11 is 0. The third-order valence-electron chi connectivity index (χ3n) is 0.939. The van der Waals surface area contributed by atoms with Gasteiger partial charge >= 0.3 is 12.2 Å². The van der Waals surface area contributed by atoms with E-state index in [2.05, 4.69) is 9.97 Å². The van der Waals surface area contributed by atoms with E-state index in [0.717, 1.165) is 6.20 Å². The van der Waals surface area contributed by atoms with Gasteiger partial charge in [-0.25, -0.2) is 9.78 Å². The van der Waals surface area contributed by atoms with E-state index in [1.807, 2.05) is 0 Å². The highest BCUT2D eigenvalue weighted by molar-refractivity contribution is 5.31. The molecule has 0 radical (unpaired) electrons. The van der Waals surface area contributed by atoms with Crippen molar-refractivity contribution in [2.24, 2.45) is 0 Å². The van der Waals surface area contributed by atoms with Crippen LogP contribution in [0.25, 0.3) is 0 Å². The molecular weight excluding hydrogens is 156 g/mol. The number of anilines is 1. The van der Waals surface area contributed by atoms with Crippen molar-refractivity contribution in [3.8, 4) is 0 Å². The van der Waals surface area contributed by atoms with Crippen molar-refractivity contribution in [2.45, 2.75) is 6.55 Å². The molecule has 0 aromatic carbocycles. The largest absolute Gasteiger partial charge is 0.346 e. The number of hydrogen-bond donors (Lipinski definition) is 2. The monoisotopic (exact) mass is 161 g/mol. The van der Waals surface area contributed by atoms with E-state index in [1.54, 1.807) is 5.32 Å². The van der Waals surface area contributed by atoms with Crippen molar-refractivity contribution in [3.63, 3.8) is 0 Å². The van der Waals surface area contributed by atoms with Crippen LogP contribution in [0, 0.1) is 0 Å². The van der Waals surface area contributed by atoms with E-state index >= 15 is 0 Å². The van der Waals surface area contributed by atoms with Gasteiger partial charge in [0.05, 0.1) is 0 Å². The number of hydrogen-bond acceptors (Lipinski definition) is 3. The molecule has 0 aliphatic heterocycles. The van der Waals surface area contributed by atoms with Crippen LogP contribution < -0.4 is 11.0 Å². The summed E-state index contributed by atoms with van der Waals surface area (Å²) in [5.41, 5.74) is -0.657. The summed E-state index contributed by atoms with van der Waals surface area (Å²) in [5.74, 6) is -0.0417. The number of aromatic amines is 1. The average Bonchev–Trinajstić information content (AvgIpc) is 1.85. The van der Waals surface area contributed by atoms with Gasteiger partial charge in [-0.05, 0) is 6.07 Å². The van der Waals surface area contributed by atoms with Gasteiger partial charge in [0.15, 0.2) is 0 Å². The van der Waals surface area contributed by atoms with Crippen LogP contribution in [0.5, 0.6) is 0 Å². The minimum atomic E-state index is -2.69. The maximum absolute atomic E-state index is 11.6. The molecule has 1 rings (SSSR count). The summed E-state index contributed by atoms with van der Waals surface area (Å²) in [6, 6.07) is 1.24. The van der Waals surface area contributed by atoms with E-state index in [-0.39, 0.29) is 5.82 Å². The lowest BCUT2D eigenvalue weighted by Crippen LogP contribution is -2.15. The molecule has 0 aliphatic rings. The molecular formula is C5H5F2N3O. The van der Waals surface area contributed by atoms with Crippen molar-refractivity contribution in [3.05, 3.63) is 22.7 Å². The predicted octanol–water partition coefficient (Wildman–Crippen LogP) is 0.404. The van der Waals surface area contributed by atoms with Crippen molar-refractivity contribution in [1.82, 2.24) is 9.97 Å².